The monoisotopic (exact) mass is 416 g/mol. The Kier molecular flexibility index (Phi) is 5.84. The van der Waals surface area contributed by atoms with Gasteiger partial charge >= 0.3 is 0 Å². The van der Waals surface area contributed by atoms with Crippen LogP contribution in [0.15, 0.2) is 60.7 Å². The summed E-state index contributed by atoms with van der Waals surface area (Å²) >= 11 is 0. The number of ether oxygens (including phenoxy) is 2. The number of hydrogen-bond donors (Lipinski definition) is 1. The molecule has 31 heavy (non-hydrogen) atoms. The van der Waals surface area contributed by atoms with E-state index in [0.717, 1.165) is 27.9 Å². The molecular formula is C24H24N4O3. The average Bonchev–Trinajstić information content (AvgIpc) is 3.14. The first-order valence-electron chi connectivity index (χ1n) is 10.0. The maximum atomic E-state index is 12.5. The molecule has 0 atom stereocenters. The summed E-state index contributed by atoms with van der Waals surface area (Å²) < 4.78 is 12.7. The van der Waals surface area contributed by atoms with Crippen LogP contribution in [0.5, 0.6) is 11.5 Å². The summed E-state index contributed by atoms with van der Waals surface area (Å²) in [6.45, 7) is 4.18. The van der Waals surface area contributed by atoms with Gasteiger partial charge in [0.15, 0.2) is 5.82 Å². The molecule has 0 unspecified atom stereocenters. The van der Waals surface area contributed by atoms with E-state index in [2.05, 4.69) is 10.4 Å². The highest BCUT2D eigenvalue weighted by Gasteiger charge is 2.15. The van der Waals surface area contributed by atoms with Crippen LogP contribution in [0.1, 0.15) is 17.7 Å². The molecule has 2 heterocycles. The predicted molar refractivity (Wildman–Crippen MR) is 120 cm³/mol. The maximum absolute atomic E-state index is 12.5. The van der Waals surface area contributed by atoms with Gasteiger partial charge in [-0.1, -0.05) is 30.3 Å². The lowest BCUT2D eigenvalue weighted by molar-refractivity contribution is -0.116. The van der Waals surface area contributed by atoms with Gasteiger partial charge in [0.05, 0.1) is 25.8 Å². The minimum atomic E-state index is -0.160. The molecule has 0 bridgehead atoms. The SMILES string of the molecule is COc1cccc2c(C)cc(-n3nc(C)cc3NC(=O)CCOc3ccccc3)nc12. The fourth-order valence-corrected chi connectivity index (χ4v) is 3.39. The number of hydrogen-bond acceptors (Lipinski definition) is 5. The van der Waals surface area contributed by atoms with Gasteiger partial charge in [-0.25, -0.2) is 4.98 Å². The van der Waals surface area contributed by atoms with Crippen molar-refractivity contribution >= 4 is 22.6 Å². The summed E-state index contributed by atoms with van der Waals surface area (Å²) in [4.78, 5) is 17.3. The number of carbonyl (C=O) groups is 1. The van der Waals surface area contributed by atoms with E-state index in [4.69, 9.17) is 14.5 Å². The number of anilines is 1. The van der Waals surface area contributed by atoms with E-state index in [1.54, 1.807) is 11.8 Å². The van der Waals surface area contributed by atoms with Crippen molar-refractivity contribution in [2.75, 3.05) is 19.0 Å². The van der Waals surface area contributed by atoms with Crippen LogP contribution in [0.25, 0.3) is 16.7 Å². The number of para-hydroxylation sites is 2. The largest absolute Gasteiger partial charge is 0.494 e. The predicted octanol–water partition coefficient (Wildman–Crippen LogP) is 4.45. The molecule has 0 aliphatic heterocycles. The van der Waals surface area contributed by atoms with Crippen LogP contribution in [0.3, 0.4) is 0 Å². The molecule has 7 nitrogen and oxygen atoms in total. The van der Waals surface area contributed by atoms with Crippen LogP contribution in [-0.4, -0.2) is 34.4 Å². The van der Waals surface area contributed by atoms with Gasteiger partial charge < -0.3 is 14.8 Å². The van der Waals surface area contributed by atoms with E-state index in [1.807, 2.05) is 74.5 Å². The highest BCUT2D eigenvalue weighted by molar-refractivity contribution is 5.91. The molecule has 2 aromatic heterocycles. The fraction of sp³-hybridized carbons (Fsp3) is 0.208. The highest BCUT2D eigenvalue weighted by Crippen LogP contribution is 2.28. The van der Waals surface area contributed by atoms with Gasteiger partial charge in [0, 0.05) is 11.5 Å². The molecule has 0 spiro atoms. The number of aromatic nitrogens is 3. The minimum Gasteiger partial charge on any atom is -0.494 e. The number of methoxy groups -OCH3 is 1. The number of nitrogens with one attached hydrogen (secondary N) is 1. The van der Waals surface area contributed by atoms with E-state index < -0.39 is 0 Å². The van der Waals surface area contributed by atoms with Gasteiger partial charge in [0.2, 0.25) is 5.91 Å². The van der Waals surface area contributed by atoms with Crippen molar-refractivity contribution in [2.45, 2.75) is 20.3 Å². The lowest BCUT2D eigenvalue weighted by Gasteiger charge is -2.12. The molecule has 4 aromatic rings. The topological polar surface area (TPSA) is 78.3 Å². The van der Waals surface area contributed by atoms with Crippen molar-refractivity contribution in [1.82, 2.24) is 14.8 Å². The van der Waals surface area contributed by atoms with Gasteiger partial charge in [0.1, 0.15) is 22.8 Å². The molecule has 158 valence electrons. The Bertz CT molecular complexity index is 1220. The van der Waals surface area contributed by atoms with E-state index in [0.29, 0.717) is 17.4 Å². The van der Waals surface area contributed by atoms with Gasteiger partial charge in [-0.05, 0) is 43.7 Å². The molecule has 0 fully saturated rings. The van der Waals surface area contributed by atoms with Gasteiger partial charge in [-0.3, -0.25) is 4.79 Å². The van der Waals surface area contributed by atoms with Crippen molar-refractivity contribution in [3.05, 3.63) is 71.9 Å². The smallest absolute Gasteiger partial charge is 0.228 e. The second-order valence-electron chi connectivity index (χ2n) is 7.20. The Balaban J connectivity index is 1.55. The maximum Gasteiger partial charge on any atom is 0.228 e. The lowest BCUT2D eigenvalue weighted by atomic mass is 10.1. The molecule has 7 heteroatoms. The summed E-state index contributed by atoms with van der Waals surface area (Å²) in [7, 11) is 1.62. The quantitative estimate of drug-likeness (QED) is 0.481. The van der Waals surface area contributed by atoms with Crippen molar-refractivity contribution in [1.29, 1.82) is 0 Å². The third kappa shape index (κ3) is 4.50. The number of benzene rings is 2. The average molecular weight is 416 g/mol. The summed E-state index contributed by atoms with van der Waals surface area (Å²) in [5.74, 6) is 2.44. The van der Waals surface area contributed by atoms with Crippen molar-refractivity contribution in [3.8, 4) is 17.3 Å². The molecule has 0 aliphatic rings. The summed E-state index contributed by atoms with van der Waals surface area (Å²) in [5, 5.41) is 8.46. The molecule has 4 rings (SSSR count). The number of pyridine rings is 1. The number of aryl methyl sites for hydroxylation is 2. The standard InChI is InChI=1S/C24H24N4O3/c1-16-14-21(26-24-19(16)10-7-11-20(24)30-3)28-22(15-17(2)27-28)25-23(29)12-13-31-18-8-5-4-6-9-18/h4-11,14-15H,12-13H2,1-3H3,(H,25,29). The molecule has 0 saturated carbocycles. The second kappa shape index (κ2) is 8.87. The Hall–Kier alpha value is -3.87. The first kappa shape index (κ1) is 20.4. The number of carbonyl (C=O) groups excluding carboxylic acids is 1. The lowest BCUT2D eigenvalue weighted by Crippen LogP contribution is -2.18. The van der Waals surface area contributed by atoms with Crippen LogP contribution < -0.4 is 14.8 Å². The van der Waals surface area contributed by atoms with Crippen LogP contribution in [-0.2, 0) is 4.79 Å². The molecule has 0 radical (unpaired) electrons. The van der Waals surface area contributed by atoms with Crippen molar-refractivity contribution < 1.29 is 14.3 Å². The summed E-state index contributed by atoms with van der Waals surface area (Å²) in [5.41, 5.74) is 2.57. The highest BCUT2D eigenvalue weighted by atomic mass is 16.5. The van der Waals surface area contributed by atoms with Crippen LogP contribution in [0.4, 0.5) is 5.82 Å². The first-order valence-corrected chi connectivity index (χ1v) is 10.0. The normalized spacial score (nSPS) is 10.8. The van der Waals surface area contributed by atoms with Crippen molar-refractivity contribution in [3.63, 3.8) is 0 Å². The van der Waals surface area contributed by atoms with Gasteiger partial charge in [-0.15, -0.1) is 0 Å². The zero-order valence-corrected chi connectivity index (χ0v) is 17.8. The number of fused-ring (bicyclic) bond motifs is 1. The van der Waals surface area contributed by atoms with E-state index in [9.17, 15) is 4.79 Å². The van der Waals surface area contributed by atoms with E-state index in [-0.39, 0.29) is 18.9 Å². The minimum absolute atomic E-state index is 0.160. The van der Waals surface area contributed by atoms with Crippen molar-refractivity contribution in [2.24, 2.45) is 0 Å². The third-order valence-electron chi connectivity index (χ3n) is 4.87. The molecule has 2 aromatic carbocycles. The summed E-state index contributed by atoms with van der Waals surface area (Å²) in [6.07, 6.45) is 0.219. The van der Waals surface area contributed by atoms with Crippen LogP contribution in [0.2, 0.25) is 0 Å². The Labute approximate surface area is 180 Å². The Morgan fingerprint density at radius 3 is 2.65 bits per heavy atom. The Morgan fingerprint density at radius 1 is 1.06 bits per heavy atom. The molecule has 1 amide bonds. The fourth-order valence-electron chi connectivity index (χ4n) is 3.39. The number of rotatable bonds is 7. The Morgan fingerprint density at radius 2 is 1.87 bits per heavy atom. The zero-order valence-electron chi connectivity index (χ0n) is 17.8. The number of amides is 1. The molecule has 1 N–H and O–H groups in total. The van der Waals surface area contributed by atoms with Gasteiger partial charge in [0.25, 0.3) is 0 Å². The third-order valence-corrected chi connectivity index (χ3v) is 4.87. The zero-order chi connectivity index (χ0) is 21.8. The van der Waals surface area contributed by atoms with Gasteiger partial charge in [-0.2, -0.15) is 9.78 Å². The first-order chi connectivity index (χ1) is 15.0. The van der Waals surface area contributed by atoms with E-state index in [1.165, 1.54) is 0 Å². The second-order valence-corrected chi connectivity index (χ2v) is 7.20. The molecule has 0 aliphatic carbocycles. The molecule has 0 saturated heterocycles. The van der Waals surface area contributed by atoms with Crippen LogP contribution in [0, 0.1) is 13.8 Å². The van der Waals surface area contributed by atoms with E-state index >= 15 is 0 Å². The molecular weight excluding hydrogens is 392 g/mol. The van der Waals surface area contributed by atoms with Crippen LogP contribution >= 0.6 is 0 Å². The summed E-state index contributed by atoms with van der Waals surface area (Å²) in [6, 6.07) is 19.0. The number of nitrogens with zero attached hydrogens (tertiary/aromatic N) is 3.